The predicted molar refractivity (Wildman–Crippen MR) is 74.4 cm³/mol. The molecule has 1 heterocycles. The summed E-state index contributed by atoms with van der Waals surface area (Å²) >= 11 is 0. The normalized spacial score (nSPS) is 12.7. The minimum absolute atomic E-state index is 0.0379. The van der Waals surface area contributed by atoms with Gasteiger partial charge < -0.3 is 5.73 Å². The van der Waals surface area contributed by atoms with Crippen LogP contribution in [0.3, 0.4) is 0 Å². The molecule has 3 nitrogen and oxygen atoms in total. The van der Waals surface area contributed by atoms with Crippen LogP contribution in [0, 0.1) is 6.92 Å². The Hall–Kier alpha value is -1.61. The van der Waals surface area contributed by atoms with Crippen LogP contribution in [0.15, 0.2) is 30.3 Å². The molecule has 1 aromatic heterocycles. The molecule has 1 unspecified atom stereocenters. The van der Waals surface area contributed by atoms with Gasteiger partial charge in [-0.1, -0.05) is 31.2 Å². The van der Waals surface area contributed by atoms with Crippen molar-refractivity contribution in [1.29, 1.82) is 0 Å². The minimum Gasteiger partial charge on any atom is -0.324 e. The highest BCUT2D eigenvalue weighted by Gasteiger charge is 2.13. The quantitative estimate of drug-likeness (QED) is 0.896. The third kappa shape index (κ3) is 2.62. The van der Waals surface area contributed by atoms with E-state index in [1.54, 1.807) is 0 Å². The van der Waals surface area contributed by atoms with Crippen LogP contribution in [-0.2, 0) is 19.9 Å². The van der Waals surface area contributed by atoms with Crippen molar-refractivity contribution in [2.75, 3.05) is 0 Å². The maximum atomic E-state index is 6.34. The summed E-state index contributed by atoms with van der Waals surface area (Å²) in [7, 11) is 1.97. The van der Waals surface area contributed by atoms with Crippen molar-refractivity contribution in [2.45, 2.75) is 32.7 Å². The van der Waals surface area contributed by atoms with E-state index >= 15 is 0 Å². The van der Waals surface area contributed by atoms with Crippen LogP contribution < -0.4 is 5.73 Å². The maximum absolute atomic E-state index is 6.34. The fraction of sp³-hybridized carbons (Fsp3) is 0.400. The van der Waals surface area contributed by atoms with Crippen LogP contribution in [-0.4, -0.2) is 9.78 Å². The molecule has 2 N–H and O–H groups in total. The molecule has 3 heteroatoms. The van der Waals surface area contributed by atoms with Crippen molar-refractivity contribution < 1.29 is 0 Å². The first-order valence-electron chi connectivity index (χ1n) is 6.44. The van der Waals surface area contributed by atoms with E-state index in [4.69, 9.17) is 5.73 Å². The number of nitrogens with zero attached hydrogens (tertiary/aromatic N) is 2. The van der Waals surface area contributed by atoms with Gasteiger partial charge in [0.15, 0.2) is 0 Å². The van der Waals surface area contributed by atoms with Gasteiger partial charge in [-0.15, -0.1) is 0 Å². The van der Waals surface area contributed by atoms with Crippen molar-refractivity contribution in [3.8, 4) is 0 Å². The summed E-state index contributed by atoms with van der Waals surface area (Å²) in [6.07, 6.45) is 1.85. The van der Waals surface area contributed by atoms with Gasteiger partial charge in [0.05, 0.1) is 5.69 Å². The summed E-state index contributed by atoms with van der Waals surface area (Å²) in [5.74, 6) is 0. The lowest BCUT2D eigenvalue weighted by Crippen LogP contribution is -2.17. The molecule has 0 saturated heterocycles. The van der Waals surface area contributed by atoms with Gasteiger partial charge in [-0.2, -0.15) is 5.10 Å². The molecule has 0 aliphatic rings. The topological polar surface area (TPSA) is 43.8 Å². The van der Waals surface area contributed by atoms with Crippen molar-refractivity contribution in [1.82, 2.24) is 9.78 Å². The molecule has 0 aliphatic heterocycles. The fourth-order valence-corrected chi connectivity index (χ4v) is 2.41. The largest absolute Gasteiger partial charge is 0.324 e. The molecule has 0 radical (unpaired) electrons. The summed E-state index contributed by atoms with van der Waals surface area (Å²) in [4.78, 5) is 0. The second kappa shape index (κ2) is 5.36. The Balaban J connectivity index is 2.21. The second-order valence-electron chi connectivity index (χ2n) is 4.76. The minimum atomic E-state index is 0.0379. The van der Waals surface area contributed by atoms with Gasteiger partial charge in [-0.3, -0.25) is 4.68 Å². The molecule has 96 valence electrons. The molecule has 0 aliphatic carbocycles. The lowest BCUT2D eigenvalue weighted by molar-refractivity contribution is 0.636. The Bertz CT molecular complexity index is 528. The van der Waals surface area contributed by atoms with E-state index in [9.17, 15) is 0 Å². The molecular formula is C15H21N3. The van der Waals surface area contributed by atoms with Gasteiger partial charge in [-0.05, 0) is 30.5 Å². The number of hydrogen-bond acceptors (Lipinski definition) is 2. The lowest BCUT2D eigenvalue weighted by atomic mass is 9.96. The molecule has 18 heavy (non-hydrogen) atoms. The van der Waals surface area contributed by atoms with Crippen molar-refractivity contribution in [3.05, 3.63) is 52.8 Å². The first kappa shape index (κ1) is 12.8. The zero-order valence-electron chi connectivity index (χ0n) is 11.4. The van der Waals surface area contributed by atoms with E-state index in [1.807, 2.05) is 18.7 Å². The van der Waals surface area contributed by atoms with Crippen LogP contribution in [0.2, 0.25) is 0 Å². The van der Waals surface area contributed by atoms with Crippen molar-refractivity contribution in [2.24, 2.45) is 12.8 Å². The Morgan fingerprint density at radius 3 is 2.67 bits per heavy atom. The van der Waals surface area contributed by atoms with Gasteiger partial charge in [0.25, 0.3) is 0 Å². The van der Waals surface area contributed by atoms with Gasteiger partial charge in [0.2, 0.25) is 0 Å². The summed E-state index contributed by atoms with van der Waals surface area (Å²) in [5, 5.41) is 4.36. The molecule has 0 bridgehead atoms. The van der Waals surface area contributed by atoms with Crippen LogP contribution in [0.25, 0.3) is 0 Å². The number of aryl methyl sites for hydroxylation is 3. The number of benzene rings is 1. The number of nitrogens with two attached hydrogens (primary N) is 1. The molecule has 0 fully saturated rings. The standard InChI is InChI=1S/C15H21N3/c1-4-12-7-5-6-8-14(12)15(16)10-13-9-11(2)17-18(13)3/h5-9,15H,4,10,16H2,1-3H3. The third-order valence-corrected chi connectivity index (χ3v) is 3.36. The number of aromatic nitrogens is 2. The van der Waals surface area contributed by atoms with Crippen LogP contribution in [0.1, 0.15) is 35.5 Å². The third-order valence-electron chi connectivity index (χ3n) is 3.36. The molecular weight excluding hydrogens is 222 g/mol. The zero-order chi connectivity index (χ0) is 13.1. The fourth-order valence-electron chi connectivity index (χ4n) is 2.41. The summed E-state index contributed by atoms with van der Waals surface area (Å²) in [6.45, 7) is 4.18. The van der Waals surface area contributed by atoms with Crippen LogP contribution >= 0.6 is 0 Å². The van der Waals surface area contributed by atoms with Gasteiger partial charge in [0, 0.05) is 25.2 Å². The molecule has 2 rings (SSSR count). The molecule has 1 aromatic carbocycles. The number of rotatable bonds is 4. The van der Waals surface area contributed by atoms with E-state index < -0.39 is 0 Å². The van der Waals surface area contributed by atoms with E-state index in [2.05, 4.69) is 42.4 Å². The Kier molecular flexibility index (Phi) is 3.82. The lowest BCUT2D eigenvalue weighted by Gasteiger charge is -2.15. The van der Waals surface area contributed by atoms with Gasteiger partial charge >= 0.3 is 0 Å². The number of hydrogen-bond donors (Lipinski definition) is 1. The molecule has 2 aromatic rings. The monoisotopic (exact) mass is 243 g/mol. The highest BCUT2D eigenvalue weighted by atomic mass is 15.3. The second-order valence-corrected chi connectivity index (χ2v) is 4.76. The smallest absolute Gasteiger partial charge is 0.0596 e. The van der Waals surface area contributed by atoms with E-state index in [0.717, 1.165) is 18.5 Å². The zero-order valence-corrected chi connectivity index (χ0v) is 11.4. The average molecular weight is 243 g/mol. The SMILES string of the molecule is CCc1ccccc1C(N)Cc1cc(C)nn1C. The van der Waals surface area contributed by atoms with Crippen molar-refractivity contribution in [3.63, 3.8) is 0 Å². The highest BCUT2D eigenvalue weighted by molar-refractivity contribution is 5.31. The van der Waals surface area contributed by atoms with E-state index in [1.165, 1.54) is 16.8 Å². The Morgan fingerprint density at radius 1 is 1.33 bits per heavy atom. The first-order valence-corrected chi connectivity index (χ1v) is 6.44. The molecule has 0 amide bonds. The average Bonchev–Trinajstić information content (AvgIpc) is 2.67. The molecule has 0 spiro atoms. The molecule has 1 atom stereocenters. The Labute approximate surface area is 109 Å². The molecule has 0 saturated carbocycles. The van der Waals surface area contributed by atoms with Crippen LogP contribution in [0.5, 0.6) is 0 Å². The van der Waals surface area contributed by atoms with Crippen molar-refractivity contribution >= 4 is 0 Å². The van der Waals surface area contributed by atoms with E-state index in [-0.39, 0.29) is 6.04 Å². The Morgan fingerprint density at radius 2 is 2.06 bits per heavy atom. The highest BCUT2D eigenvalue weighted by Crippen LogP contribution is 2.20. The summed E-state index contributed by atoms with van der Waals surface area (Å²) in [6, 6.07) is 10.6. The van der Waals surface area contributed by atoms with E-state index in [0.29, 0.717) is 0 Å². The summed E-state index contributed by atoms with van der Waals surface area (Å²) in [5.41, 5.74) is 11.2. The first-order chi connectivity index (χ1) is 8.61. The van der Waals surface area contributed by atoms with Gasteiger partial charge in [-0.25, -0.2) is 0 Å². The maximum Gasteiger partial charge on any atom is 0.0596 e. The predicted octanol–water partition coefficient (Wildman–Crippen LogP) is 2.53. The summed E-state index contributed by atoms with van der Waals surface area (Å²) < 4.78 is 1.92. The van der Waals surface area contributed by atoms with Crippen LogP contribution in [0.4, 0.5) is 0 Å². The van der Waals surface area contributed by atoms with Gasteiger partial charge in [0.1, 0.15) is 0 Å².